The number of para-hydroxylation sites is 1. The molecule has 0 radical (unpaired) electrons. The van der Waals surface area contributed by atoms with Gasteiger partial charge in [0.15, 0.2) is 5.78 Å². The van der Waals surface area contributed by atoms with Gasteiger partial charge in [-0.05, 0) is 51.2 Å². The molecular weight excluding hydrogens is 438 g/mol. The van der Waals surface area contributed by atoms with Crippen molar-refractivity contribution in [2.45, 2.75) is 39.3 Å². The van der Waals surface area contributed by atoms with Crippen molar-refractivity contribution in [1.29, 1.82) is 0 Å². The van der Waals surface area contributed by atoms with Gasteiger partial charge in [-0.1, -0.05) is 54.5 Å². The Kier molecular flexibility index (Phi) is 5.56. The van der Waals surface area contributed by atoms with E-state index in [1.165, 1.54) is 6.92 Å². The number of oxime groups is 1. The molecule has 0 N–H and O–H groups in total. The number of hydrogen-bond acceptors (Lipinski definition) is 5. The molecule has 6 nitrogen and oxygen atoms in total. The van der Waals surface area contributed by atoms with E-state index in [1.54, 1.807) is 0 Å². The van der Waals surface area contributed by atoms with Gasteiger partial charge in [0, 0.05) is 46.4 Å². The van der Waals surface area contributed by atoms with Crippen LogP contribution in [0.25, 0.3) is 21.8 Å². The summed E-state index contributed by atoms with van der Waals surface area (Å²) in [5.74, 6) is -0.427. The molecule has 3 aromatic carbocycles. The molecule has 6 heteroatoms. The lowest BCUT2D eigenvalue weighted by Gasteiger charge is -2.43. The van der Waals surface area contributed by atoms with Gasteiger partial charge < -0.3 is 9.40 Å². The SMILES string of the molecule is CCC1(N(C)C)Cn2c3ccc(C(=O)c4ccccc4C)cc3c3cccc(c32)/C1=N/OC(C)=O. The van der Waals surface area contributed by atoms with Crippen LogP contribution in [0.4, 0.5) is 0 Å². The summed E-state index contributed by atoms with van der Waals surface area (Å²) in [4.78, 5) is 32.3. The van der Waals surface area contributed by atoms with Crippen LogP contribution in [0.1, 0.15) is 47.3 Å². The molecule has 1 unspecified atom stereocenters. The number of aryl methyl sites for hydroxylation is 1. The second kappa shape index (κ2) is 8.47. The molecule has 5 rings (SSSR count). The molecule has 1 aromatic heterocycles. The van der Waals surface area contributed by atoms with Crippen molar-refractivity contribution < 1.29 is 14.4 Å². The van der Waals surface area contributed by atoms with Crippen LogP contribution < -0.4 is 0 Å². The standard InChI is InChI=1S/C29H29N3O3/c1-6-29(31(4)5)17-32-25-15-14-20(27(34)21-11-8-7-10-18(21)2)16-24(25)22-12-9-13-23(26(22)32)28(29)30-35-19(3)33/h7-16H,6,17H2,1-5H3/b30-28-. The number of carbonyl (C=O) groups is 2. The number of likely N-dealkylation sites (N-methyl/N-ethyl adjacent to an activating group) is 1. The quantitative estimate of drug-likeness (QED) is 0.226. The lowest BCUT2D eigenvalue weighted by molar-refractivity contribution is -0.141. The summed E-state index contributed by atoms with van der Waals surface area (Å²) >= 11 is 0. The summed E-state index contributed by atoms with van der Waals surface area (Å²) in [6.45, 7) is 6.10. The number of ketones is 1. The molecule has 4 aromatic rings. The Hall–Kier alpha value is -3.77. The number of fused-ring (bicyclic) bond motifs is 3. The smallest absolute Gasteiger partial charge is 0.331 e. The summed E-state index contributed by atoms with van der Waals surface area (Å²) in [5.41, 5.74) is 5.68. The van der Waals surface area contributed by atoms with Crippen molar-refractivity contribution in [2.24, 2.45) is 5.16 Å². The van der Waals surface area contributed by atoms with Crippen molar-refractivity contribution in [3.8, 4) is 0 Å². The van der Waals surface area contributed by atoms with E-state index in [1.807, 2.05) is 69.6 Å². The zero-order chi connectivity index (χ0) is 24.9. The largest absolute Gasteiger partial charge is 0.338 e. The highest BCUT2D eigenvalue weighted by Crippen LogP contribution is 2.41. The Morgan fingerprint density at radius 2 is 1.83 bits per heavy atom. The predicted octanol–water partition coefficient (Wildman–Crippen LogP) is 5.33. The van der Waals surface area contributed by atoms with Gasteiger partial charge in [0.25, 0.3) is 0 Å². The van der Waals surface area contributed by atoms with Crippen LogP contribution in [0.3, 0.4) is 0 Å². The van der Waals surface area contributed by atoms with Gasteiger partial charge in [0.2, 0.25) is 0 Å². The topological polar surface area (TPSA) is 63.9 Å². The number of nitrogens with zero attached hydrogens (tertiary/aromatic N) is 3. The highest BCUT2D eigenvalue weighted by molar-refractivity contribution is 6.22. The highest BCUT2D eigenvalue weighted by atomic mass is 16.7. The zero-order valence-electron chi connectivity index (χ0n) is 20.8. The summed E-state index contributed by atoms with van der Waals surface area (Å²) in [7, 11) is 4.06. The molecule has 0 saturated carbocycles. The lowest BCUT2D eigenvalue weighted by Crippen LogP contribution is -2.56. The summed E-state index contributed by atoms with van der Waals surface area (Å²) in [6.07, 6.45) is 0.777. The molecule has 0 aliphatic carbocycles. The molecule has 2 heterocycles. The molecule has 0 amide bonds. The van der Waals surface area contributed by atoms with Crippen LogP contribution in [0.2, 0.25) is 0 Å². The molecule has 35 heavy (non-hydrogen) atoms. The summed E-state index contributed by atoms with van der Waals surface area (Å²) in [5, 5.41) is 6.45. The number of aromatic nitrogens is 1. The minimum atomic E-state index is -0.460. The second-order valence-electron chi connectivity index (χ2n) is 9.47. The van der Waals surface area contributed by atoms with Crippen molar-refractivity contribution in [2.75, 3.05) is 14.1 Å². The van der Waals surface area contributed by atoms with E-state index < -0.39 is 11.5 Å². The fourth-order valence-electron chi connectivity index (χ4n) is 5.42. The lowest BCUT2D eigenvalue weighted by atomic mass is 9.81. The second-order valence-corrected chi connectivity index (χ2v) is 9.47. The number of rotatable bonds is 5. The maximum atomic E-state index is 13.4. The van der Waals surface area contributed by atoms with Gasteiger partial charge in [0.1, 0.15) is 5.71 Å². The number of carbonyl (C=O) groups excluding carboxylic acids is 2. The fourth-order valence-corrected chi connectivity index (χ4v) is 5.42. The van der Waals surface area contributed by atoms with Crippen LogP contribution in [-0.2, 0) is 16.2 Å². The Balaban J connectivity index is 1.77. The fraction of sp³-hybridized carbons (Fsp3) is 0.276. The minimum Gasteiger partial charge on any atom is -0.338 e. The van der Waals surface area contributed by atoms with Crippen LogP contribution in [0, 0.1) is 6.92 Å². The molecular formula is C29H29N3O3. The molecule has 0 bridgehead atoms. The Bertz CT molecular complexity index is 1530. The number of hydrogen-bond donors (Lipinski definition) is 0. The van der Waals surface area contributed by atoms with Gasteiger partial charge >= 0.3 is 5.97 Å². The average molecular weight is 468 g/mol. The first-order valence-electron chi connectivity index (χ1n) is 11.9. The molecule has 0 saturated heterocycles. The van der Waals surface area contributed by atoms with Gasteiger partial charge in [0.05, 0.1) is 11.1 Å². The minimum absolute atomic E-state index is 0.0187. The van der Waals surface area contributed by atoms with Crippen molar-refractivity contribution in [3.63, 3.8) is 0 Å². The first-order chi connectivity index (χ1) is 16.8. The highest BCUT2D eigenvalue weighted by Gasteiger charge is 2.43. The van der Waals surface area contributed by atoms with Crippen molar-refractivity contribution in [3.05, 3.63) is 82.9 Å². The summed E-state index contributed by atoms with van der Waals surface area (Å²) < 4.78 is 2.32. The normalized spacial score (nSPS) is 18.5. The van der Waals surface area contributed by atoms with E-state index in [0.717, 1.165) is 45.1 Å². The van der Waals surface area contributed by atoms with Gasteiger partial charge in [-0.25, -0.2) is 4.79 Å². The monoisotopic (exact) mass is 467 g/mol. The molecule has 0 fully saturated rings. The maximum Gasteiger partial charge on any atom is 0.331 e. The van der Waals surface area contributed by atoms with Crippen molar-refractivity contribution in [1.82, 2.24) is 9.47 Å². The van der Waals surface area contributed by atoms with E-state index in [4.69, 9.17) is 4.84 Å². The Labute approximate surface area is 204 Å². The van der Waals surface area contributed by atoms with E-state index in [2.05, 4.69) is 33.7 Å². The molecule has 1 aliphatic heterocycles. The Morgan fingerprint density at radius 3 is 2.51 bits per heavy atom. The predicted molar refractivity (Wildman–Crippen MR) is 139 cm³/mol. The van der Waals surface area contributed by atoms with Crippen molar-refractivity contribution >= 4 is 39.3 Å². The van der Waals surface area contributed by atoms with Gasteiger partial charge in [-0.2, -0.15) is 0 Å². The number of benzene rings is 3. The molecule has 0 spiro atoms. The third kappa shape index (κ3) is 3.48. The summed E-state index contributed by atoms with van der Waals surface area (Å²) in [6, 6.07) is 19.8. The molecule has 1 aliphatic rings. The van der Waals surface area contributed by atoms with Crippen LogP contribution in [-0.4, -0.2) is 46.6 Å². The maximum absolute atomic E-state index is 13.4. The van der Waals surface area contributed by atoms with Crippen LogP contribution >= 0.6 is 0 Å². The Morgan fingerprint density at radius 1 is 1.06 bits per heavy atom. The third-order valence-electron chi connectivity index (χ3n) is 7.36. The van der Waals surface area contributed by atoms with Gasteiger partial charge in [-0.3, -0.25) is 9.69 Å². The third-order valence-corrected chi connectivity index (χ3v) is 7.36. The van der Waals surface area contributed by atoms with E-state index in [-0.39, 0.29) is 5.78 Å². The molecule has 1 atom stereocenters. The van der Waals surface area contributed by atoms with E-state index in [0.29, 0.717) is 17.7 Å². The van der Waals surface area contributed by atoms with Gasteiger partial charge in [-0.15, -0.1) is 0 Å². The first-order valence-corrected chi connectivity index (χ1v) is 11.9. The molecule has 178 valence electrons. The zero-order valence-corrected chi connectivity index (χ0v) is 20.8. The average Bonchev–Trinajstić information content (AvgIpc) is 3.16. The van der Waals surface area contributed by atoms with Crippen LogP contribution in [0.5, 0.6) is 0 Å². The van der Waals surface area contributed by atoms with E-state index >= 15 is 0 Å². The first kappa shape index (κ1) is 23.0. The van der Waals surface area contributed by atoms with Crippen LogP contribution in [0.15, 0.2) is 65.8 Å². The van der Waals surface area contributed by atoms with E-state index in [9.17, 15) is 9.59 Å².